The molecule has 0 saturated carbocycles. The molecular weight excluding hydrogens is 372 g/mol. The third kappa shape index (κ3) is 3.43. The average Bonchev–Trinajstić information content (AvgIpc) is 2.99. The van der Waals surface area contributed by atoms with E-state index in [1.165, 1.54) is 0 Å². The van der Waals surface area contributed by atoms with Gasteiger partial charge >= 0.3 is 0 Å². The van der Waals surface area contributed by atoms with E-state index in [9.17, 15) is 4.79 Å². The van der Waals surface area contributed by atoms with E-state index in [0.29, 0.717) is 13.1 Å². The van der Waals surface area contributed by atoms with Crippen molar-refractivity contribution in [3.8, 4) is 5.69 Å². The van der Waals surface area contributed by atoms with Crippen LogP contribution in [0.4, 0.5) is 0 Å². The Morgan fingerprint density at radius 3 is 2.57 bits per heavy atom. The number of hydrogen-bond donors (Lipinski definition) is 1. The Hall–Kier alpha value is -2.63. The lowest BCUT2D eigenvalue weighted by atomic mass is 9.99. The molecule has 1 atom stereocenters. The molecule has 5 nitrogen and oxygen atoms in total. The molecule has 0 aliphatic carbocycles. The molecule has 6 heteroatoms. The van der Waals surface area contributed by atoms with Gasteiger partial charge in [-0.3, -0.25) is 9.69 Å². The van der Waals surface area contributed by atoms with Crippen LogP contribution in [0.5, 0.6) is 0 Å². The molecule has 2 aromatic carbocycles. The molecule has 0 bridgehead atoms. The molecule has 4 rings (SSSR count). The molecular formula is C22H23ClN4O. The van der Waals surface area contributed by atoms with E-state index in [0.717, 1.165) is 39.8 Å². The molecule has 2 heterocycles. The van der Waals surface area contributed by atoms with Crippen molar-refractivity contribution in [3.05, 3.63) is 82.1 Å². The number of hydrogen-bond acceptors (Lipinski definition) is 3. The molecule has 144 valence electrons. The Bertz CT molecular complexity index is 999. The average molecular weight is 395 g/mol. The molecule has 1 aliphatic heterocycles. The zero-order chi connectivity index (χ0) is 19.7. The third-order valence-electron chi connectivity index (χ3n) is 5.26. The van der Waals surface area contributed by atoms with E-state index < -0.39 is 0 Å². The predicted molar refractivity (Wildman–Crippen MR) is 111 cm³/mol. The number of aromatic nitrogens is 2. The van der Waals surface area contributed by atoms with Crippen LogP contribution >= 0.6 is 11.6 Å². The van der Waals surface area contributed by atoms with Gasteiger partial charge in [-0.25, -0.2) is 4.68 Å². The fraction of sp³-hybridized carbons (Fsp3) is 0.273. The van der Waals surface area contributed by atoms with E-state index in [1.54, 1.807) is 0 Å². The van der Waals surface area contributed by atoms with Crippen molar-refractivity contribution >= 4 is 17.5 Å². The molecule has 0 radical (unpaired) electrons. The number of nitrogens with zero attached hydrogens (tertiary/aromatic N) is 3. The number of nitrogens with one attached hydrogen (secondary N) is 1. The second-order valence-electron chi connectivity index (χ2n) is 7.09. The van der Waals surface area contributed by atoms with Crippen LogP contribution in [0.3, 0.4) is 0 Å². The molecule has 1 aliphatic rings. The third-order valence-corrected chi connectivity index (χ3v) is 5.63. The maximum Gasteiger partial charge on any atom is 0.242 e. The second kappa shape index (κ2) is 7.78. The lowest BCUT2D eigenvalue weighted by Gasteiger charge is -2.35. The number of rotatable bonds is 4. The van der Waals surface area contributed by atoms with Crippen molar-refractivity contribution in [1.82, 2.24) is 20.0 Å². The zero-order valence-electron chi connectivity index (χ0n) is 16.0. The Balaban J connectivity index is 1.74. The number of para-hydroxylation sites is 1. The van der Waals surface area contributed by atoms with Crippen molar-refractivity contribution in [1.29, 1.82) is 0 Å². The van der Waals surface area contributed by atoms with E-state index in [2.05, 4.69) is 10.2 Å². The van der Waals surface area contributed by atoms with Crippen molar-refractivity contribution in [2.75, 3.05) is 13.1 Å². The Labute approximate surface area is 169 Å². The molecule has 1 fully saturated rings. The summed E-state index contributed by atoms with van der Waals surface area (Å²) in [4.78, 5) is 15.1. The Morgan fingerprint density at radius 1 is 1.11 bits per heavy atom. The smallest absolute Gasteiger partial charge is 0.242 e. The van der Waals surface area contributed by atoms with Crippen LogP contribution in [-0.2, 0) is 11.3 Å². The molecule has 3 aromatic rings. The summed E-state index contributed by atoms with van der Waals surface area (Å²) in [6, 6.07) is 17.4. The number of carbonyl (C=O) groups excluding carboxylic acids is 1. The van der Waals surface area contributed by atoms with Gasteiger partial charge in [0.1, 0.15) is 6.04 Å². The first-order chi connectivity index (χ1) is 13.6. The summed E-state index contributed by atoms with van der Waals surface area (Å²) in [5.41, 5.74) is 4.83. The highest BCUT2D eigenvalue weighted by atomic mass is 35.5. The van der Waals surface area contributed by atoms with E-state index in [1.807, 2.05) is 73.1 Å². The van der Waals surface area contributed by atoms with Gasteiger partial charge in [0.05, 0.1) is 11.4 Å². The van der Waals surface area contributed by atoms with E-state index in [-0.39, 0.29) is 11.9 Å². The number of amides is 1. The zero-order valence-corrected chi connectivity index (χ0v) is 16.8. The summed E-state index contributed by atoms with van der Waals surface area (Å²) in [7, 11) is 0. The highest BCUT2D eigenvalue weighted by Gasteiger charge is 2.35. The molecule has 1 unspecified atom stereocenters. The second-order valence-corrected chi connectivity index (χ2v) is 7.49. The first-order valence-corrected chi connectivity index (χ1v) is 9.81. The fourth-order valence-electron chi connectivity index (χ4n) is 3.91. The minimum absolute atomic E-state index is 0.0112. The summed E-state index contributed by atoms with van der Waals surface area (Å²) >= 11 is 6.38. The van der Waals surface area contributed by atoms with Crippen molar-refractivity contribution in [2.24, 2.45) is 0 Å². The SMILES string of the molecule is Cc1nn(-c2ccccc2)c(C)c1C1C(=O)NCCN1Cc1ccccc1Cl. The van der Waals surface area contributed by atoms with Crippen LogP contribution in [0.15, 0.2) is 54.6 Å². The summed E-state index contributed by atoms with van der Waals surface area (Å²) in [6.07, 6.45) is 0. The molecule has 1 aromatic heterocycles. The highest BCUT2D eigenvalue weighted by molar-refractivity contribution is 6.31. The van der Waals surface area contributed by atoms with Crippen LogP contribution in [0, 0.1) is 13.8 Å². The van der Waals surface area contributed by atoms with Gasteiger partial charge in [-0.2, -0.15) is 5.10 Å². The molecule has 28 heavy (non-hydrogen) atoms. The maximum absolute atomic E-state index is 12.9. The van der Waals surface area contributed by atoms with E-state index in [4.69, 9.17) is 16.7 Å². The minimum Gasteiger partial charge on any atom is -0.353 e. The lowest BCUT2D eigenvalue weighted by Crippen LogP contribution is -2.49. The predicted octanol–water partition coefficient (Wildman–Crippen LogP) is 3.82. The van der Waals surface area contributed by atoms with Crippen LogP contribution in [-0.4, -0.2) is 33.7 Å². The van der Waals surface area contributed by atoms with Gasteiger partial charge in [-0.05, 0) is 37.6 Å². The van der Waals surface area contributed by atoms with Crippen molar-refractivity contribution in [2.45, 2.75) is 26.4 Å². The van der Waals surface area contributed by atoms with E-state index >= 15 is 0 Å². The number of aryl methyl sites for hydroxylation is 1. The molecule has 1 amide bonds. The van der Waals surface area contributed by atoms with Crippen LogP contribution in [0.2, 0.25) is 5.02 Å². The quantitative estimate of drug-likeness (QED) is 0.731. The van der Waals surface area contributed by atoms with Gasteiger partial charge in [-0.15, -0.1) is 0 Å². The maximum atomic E-state index is 12.9. The molecule has 0 spiro atoms. The monoisotopic (exact) mass is 394 g/mol. The summed E-state index contributed by atoms with van der Waals surface area (Å²) < 4.78 is 1.92. The summed E-state index contributed by atoms with van der Waals surface area (Å²) in [6.45, 7) is 6.00. The van der Waals surface area contributed by atoms with Crippen LogP contribution in [0.25, 0.3) is 5.69 Å². The normalized spacial score (nSPS) is 17.5. The minimum atomic E-state index is -0.387. The lowest BCUT2D eigenvalue weighted by molar-refractivity contribution is -0.129. The Kier molecular flexibility index (Phi) is 5.20. The van der Waals surface area contributed by atoms with Gasteiger partial charge in [0.25, 0.3) is 0 Å². The molecule has 1 N–H and O–H groups in total. The van der Waals surface area contributed by atoms with Gasteiger partial charge in [0.15, 0.2) is 0 Å². The first-order valence-electron chi connectivity index (χ1n) is 9.43. The standard InChI is InChI=1S/C22H23ClN4O/c1-15-20(16(2)27(25-15)18-9-4-3-5-10-18)21-22(28)24-12-13-26(21)14-17-8-6-7-11-19(17)23/h3-11,21H,12-14H2,1-2H3,(H,24,28). The summed E-state index contributed by atoms with van der Waals surface area (Å²) in [5.74, 6) is 0.0112. The van der Waals surface area contributed by atoms with Crippen LogP contribution < -0.4 is 5.32 Å². The van der Waals surface area contributed by atoms with Crippen molar-refractivity contribution < 1.29 is 4.79 Å². The van der Waals surface area contributed by atoms with Crippen LogP contribution in [0.1, 0.15) is 28.6 Å². The van der Waals surface area contributed by atoms with Gasteiger partial charge in [0.2, 0.25) is 5.91 Å². The molecule has 1 saturated heterocycles. The summed E-state index contributed by atoms with van der Waals surface area (Å²) in [5, 5.41) is 8.47. The fourth-order valence-corrected chi connectivity index (χ4v) is 4.11. The van der Waals surface area contributed by atoms with Gasteiger partial charge < -0.3 is 5.32 Å². The van der Waals surface area contributed by atoms with Gasteiger partial charge in [0, 0.05) is 35.9 Å². The number of halogens is 1. The number of benzene rings is 2. The largest absolute Gasteiger partial charge is 0.353 e. The van der Waals surface area contributed by atoms with Gasteiger partial charge in [-0.1, -0.05) is 48.0 Å². The Morgan fingerprint density at radius 2 is 1.82 bits per heavy atom. The first kappa shape index (κ1) is 18.7. The number of carbonyl (C=O) groups is 1. The van der Waals surface area contributed by atoms with Crippen molar-refractivity contribution in [3.63, 3.8) is 0 Å². The highest BCUT2D eigenvalue weighted by Crippen LogP contribution is 2.32. The number of piperazine rings is 1. The topological polar surface area (TPSA) is 50.2 Å².